The number of thiophene rings is 1. The first-order valence-corrected chi connectivity index (χ1v) is 5.87. The summed E-state index contributed by atoms with van der Waals surface area (Å²) in [6.07, 6.45) is 0.894. The lowest BCUT2D eigenvalue weighted by Crippen LogP contribution is -2.43. The van der Waals surface area contributed by atoms with E-state index in [-0.39, 0.29) is 0 Å². The van der Waals surface area contributed by atoms with E-state index in [1.54, 1.807) is 11.3 Å². The van der Waals surface area contributed by atoms with Crippen molar-refractivity contribution in [1.82, 2.24) is 15.5 Å². The van der Waals surface area contributed by atoms with Gasteiger partial charge in [0.05, 0.1) is 4.88 Å². The van der Waals surface area contributed by atoms with Crippen LogP contribution in [0, 0.1) is 5.92 Å². The van der Waals surface area contributed by atoms with Gasteiger partial charge in [0.15, 0.2) is 0 Å². The van der Waals surface area contributed by atoms with Crippen molar-refractivity contribution in [2.24, 2.45) is 5.92 Å². The van der Waals surface area contributed by atoms with Gasteiger partial charge in [0.1, 0.15) is 0 Å². The van der Waals surface area contributed by atoms with Crippen LogP contribution in [0.1, 0.15) is 5.89 Å². The molecule has 0 unspecified atom stereocenters. The molecular formula is C10H11N3OS. The first-order valence-electron chi connectivity index (χ1n) is 4.99. The van der Waals surface area contributed by atoms with Gasteiger partial charge in [-0.15, -0.1) is 11.3 Å². The van der Waals surface area contributed by atoms with Gasteiger partial charge in [0.25, 0.3) is 0 Å². The highest BCUT2D eigenvalue weighted by molar-refractivity contribution is 7.13. The van der Waals surface area contributed by atoms with Crippen LogP contribution in [0.5, 0.6) is 0 Å². The average molecular weight is 221 g/mol. The van der Waals surface area contributed by atoms with E-state index < -0.39 is 0 Å². The van der Waals surface area contributed by atoms with E-state index in [2.05, 4.69) is 15.5 Å². The first-order chi connectivity index (χ1) is 7.42. The van der Waals surface area contributed by atoms with Crippen LogP contribution in [0.25, 0.3) is 10.7 Å². The third-order valence-corrected chi connectivity index (χ3v) is 3.40. The van der Waals surface area contributed by atoms with Gasteiger partial charge in [0.2, 0.25) is 11.7 Å². The normalized spacial score (nSPS) is 16.5. The molecule has 0 saturated carbocycles. The number of nitrogens with one attached hydrogen (secondary N) is 1. The maximum atomic E-state index is 5.21. The zero-order chi connectivity index (χ0) is 10.1. The summed E-state index contributed by atoms with van der Waals surface area (Å²) in [5.74, 6) is 2.14. The lowest BCUT2D eigenvalue weighted by Gasteiger charge is -2.25. The van der Waals surface area contributed by atoms with E-state index >= 15 is 0 Å². The predicted molar refractivity (Wildman–Crippen MR) is 57.7 cm³/mol. The molecule has 0 spiro atoms. The second-order valence-corrected chi connectivity index (χ2v) is 4.67. The van der Waals surface area contributed by atoms with Crippen molar-refractivity contribution in [1.29, 1.82) is 0 Å². The molecule has 0 bridgehead atoms. The molecule has 0 amide bonds. The fraction of sp³-hybridized carbons (Fsp3) is 0.400. The number of hydrogen-bond acceptors (Lipinski definition) is 5. The standard InChI is InChI=1S/C10H11N3OS/c1-2-8(15-3-1)10-12-9(14-13-10)4-7-5-11-6-7/h1-3,7,11H,4-6H2. The van der Waals surface area contributed by atoms with Crippen molar-refractivity contribution in [3.63, 3.8) is 0 Å². The third-order valence-electron chi connectivity index (χ3n) is 2.54. The fourth-order valence-electron chi connectivity index (χ4n) is 1.58. The molecule has 1 N–H and O–H groups in total. The summed E-state index contributed by atoms with van der Waals surface area (Å²) in [6, 6.07) is 4.00. The van der Waals surface area contributed by atoms with Gasteiger partial charge in [0, 0.05) is 6.42 Å². The van der Waals surface area contributed by atoms with Crippen LogP contribution in [0.4, 0.5) is 0 Å². The zero-order valence-corrected chi connectivity index (χ0v) is 8.96. The highest BCUT2D eigenvalue weighted by Gasteiger charge is 2.20. The Morgan fingerprint density at radius 1 is 1.53 bits per heavy atom. The van der Waals surface area contributed by atoms with Crippen LogP contribution < -0.4 is 5.32 Å². The van der Waals surface area contributed by atoms with Crippen molar-refractivity contribution in [2.45, 2.75) is 6.42 Å². The van der Waals surface area contributed by atoms with Crippen molar-refractivity contribution in [3.8, 4) is 10.7 Å². The van der Waals surface area contributed by atoms with Crippen LogP contribution in [-0.4, -0.2) is 23.2 Å². The van der Waals surface area contributed by atoms with Crippen LogP contribution >= 0.6 is 11.3 Å². The predicted octanol–water partition coefficient (Wildman–Crippen LogP) is 1.56. The number of hydrogen-bond donors (Lipinski definition) is 1. The fourth-order valence-corrected chi connectivity index (χ4v) is 2.23. The Bertz CT molecular complexity index is 433. The molecule has 2 aromatic heterocycles. The maximum absolute atomic E-state index is 5.21. The Morgan fingerprint density at radius 2 is 2.47 bits per heavy atom. The molecule has 0 aromatic carbocycles. The van der Waals surface area contributed by atoms with Gasteiger partial charge in [-0.05, 0) is 30.5 Å². The topological polar surface area (TPSA) is 51.0 Å². The van der Waals surface area contributed by atoms with Gasteiger partial charge in [-0.2, -0.15) is 4.98 Å². The minimum atomic E-state index is 0.668. The number of rotatable bonds is 3. The van der Waals surface area contributed by atoms with Gasteiger partial charge in [-0.25, -0.2) is 0 Å². The zero-order valence-electron chi connectivity index (χ0n) is 8.14. The molecule has 1 aliphatic heterocycles. The van der Waals surface area contributed by atoms with Gasteiger partial charge >= 0.3 is 0 Å². The molecule has 3 heterocycles. The van der Waals surface area contributed by atoms with Gasteiger partial charge in [-0.1, -0.05) is 11.2 Å². The monoisotopic (exact) mass is 221 g/mol. The van der Waals surface area contributed by atoms with Crippen molar-refractivity contribution >= 4 is 11.3 Å². The van der Waals surface area contributed by atoms with E-state index in [9.17, 15) is 0 Å². The average Bonchev–Trinajstić information content (AvgIpc) is 2.82. The quantitative estimate of drug-likeness (QED) is 0.854. The molecule has 5 heteroatoms. The number of nitrogens with zero attached hydrogens (tertiary/aromatic N) is 2. The molecular weight excluding hydrogens is 210 g/mol. The minimum absolute atomic E-state index is 0.668. The Labute approximate surface area is 91.3 Å². The summed E-state index contributed by atoms with van der Waals surface area (Å²) in [6.45, 7) is 2.13. The largest absolute Gasteiger partial charge is 0.339 e. The SMILES string of the molecule is c1csc(-c2noc(CC3CNC3)n2)c1. The summed E-state index contributed by atoms with van der Waals surface area (Å²) in [7, 11) is 0. The van der Waals surface area contributed by atoms with Crippen molar-refractivity contribution in [2.75, 3.05) is 13.1 Å². The molecule has 15 heavy (non-hydrogen) atoms. The number of aromatic nitrogens is 2. The molecule has 2 aromatic rings. The van der Waals surface area contributed by atoms with E-state index in [0.717, 1.165) is 30.3 Å². The first kappa shape index (κ1) is 9.06. The van der Waals surface area contributed by atoms with Crippen LogP contribution in [0.15, 0.2) is 22.0 Å². The second kappa shape index (κ2) is 3.75. The highest BCUT2D eigenvalue weighted by Crippen LogP contribution is 2.22. The highest BCUT2D eigenvalue weighted by atomic mass is 32.1. The van der Waals surface area contributed by atoms with E-state index in [1.807, 2.05) is 17.5 Å². The molecule has 0 atom stereocenters. The Hall–Kier alpha value is -1.20. The summed E-state index contributed by atoms with van der Waals surface area (Å²) >= 11 is 1.63. The van der Waals surface area contributed by atoms with Crippen LogP contribution in [-0.2, 0) is 6.42 Å². The van der Waals surface area contributed by atoms with Crippen LogP contribution in [0.3, 0.4) is 0 Å². The molecule has 78 valence electrons. The summed E-state index contributed by atoms with van der Waals surface area (Å²) in [5, 5.41) is 9.22. The summed E-state index contributed by atoms with van der Waals surface area (Å²) in [4.78, 5) is 5.45. The third kappa shape index (κ3) is 1.80. The molecule has 1 saturated heterocycles. The molecule has 0 aliphatic carbocycles. The summed E-state index contributed by atoms with van der Waals surface area (Å²) < 4.78 is 5.21. The molecule has 0 radical (unpaired) electrons. The second-order valence-electron chi connectivity index (χ2n) is 3.72. The van der Waals surface area contributed by atoms with Crippen LogP contribution in [0.2, 0.25) is 0 Å². The Kier molecular flexibility index (Phi) is 2.26. The lowest BCUT2D eigenvalue weighted by atomic mass is 10.00. The van der Waals surface area contributed by atoms with E-state index in [0.29, 0.717) is 11.7 Å². The Morgan fingerprint density at radius 3 is 3.13 bits per heavy atom. The van der Waals surface area contributed by atoms with Gasteiger partial charge < -0.3 is 9.84 Å². The summed E-state index contributed by atoms with van der Waals surface area (Å²) in [5.41, 5.74) is 0. The molecule has 3 rings (SSSR count). The van der Waals surface area contributed by atoms with Gasteiger partial charge in [-0.3, -0.25) is 0 Å². The Balaban J connectivity index is 1.75. The van der Waals surface area contributed by atoms with Crippen molar-refractivity contribution < 1.29 is 4.52 Å². The van der Waals surface area contributed by atoms with Crippen molar-refractivity contribution in [3.05, 3.63) is 23.4 Å². The van der Waals surface area contributed by atoms with E-state index in [1.165, 1.54) is 0 Å². The minimum Gasteiger partial charge on any atom is -0.339 e. The molecule has 1 aliphatic rings. The molecule has 4 nitrogen and oxygen atoms in total. The smallest absolute Gasteiger partial charge is 0.227 e. The molecule has 1 fully saturated rings. The lowest BCUT2D eigenvalue weighted by molar-refractivity contribution is 0.296. The van der Waals surface area contributed by atoms with E-state index in [4.69, 9.17) is 4.52 Å². The maximum Gasteiger partial charge on any atom is 0.227 e.